The molecule has 20 heavy (non-hydrogen) atoms. The van der Waals surface area contributed by atoms with Crippen molar-refractivity contribution in [3.63, 3.8) is 0 Å². The number of carboxylic acid groups (broad SMARTS) is 2. The number of hydrogen-bond donors (Lipinski definition) is 2. The fourth-order valence-corrected chi connectivity index (χ4v) is 1.72. The van der Waals surface area contributed by atoms with Crippen LogP contribution < -0.4 is 0 Å². The minimum atomic E-state index is -1.13. The van der Waals surface area contributed by atoms with E-state index in [2.05, 4.69) is 0 Å². The van der Waals surface area contributed by atoms with Gasteiger partial charge in [0, 0.05) is 13.1 Å². The van der Waals surface area contributed by atoms with Gasteiger partial charge >= 0.3 is 11.9 Å². The van der Waals surface area contributed by atoms with E-state index in [1.807, 2.05) is 0 Å². The van der Waals surface area contributed by atoms with Gasteiger partial charge in [0.2, 0.25) is 0 Å². The van der Waals surface area contributed by atoms with E-state index in [9.17, 15) is 19.2 Å². The van der Waals surface area contributed by atoms with Crippen LogP contribution >= 0.6 is 0 Å². The molecule has 114 valence electrons. The van der Waals surface area contributed by atoms with Crippen molar-refractivity contribution in [2.75, 3.05) is 39.3 Å². The van der Waals surface area contributed by atoms with E-state index in [-0.39, 0.29) is 37.7 Å². The number of carbonyl (C=O) groups excluding carboxylic acids is 2. The van der Waals surface area contributed by atoms with E-state index < -0.39 is 25.0 Å². The molecule has 0 aromatic heterocycles. The fraction of sp³-hybridized carbons (Fsp3) is 0.667. The molecule has 8 heteroatoms. The molecule has 0 saturated carbocycles. The summed E-state index contributed by atoms with van der Waals surface area (Å²) in [6, 6.07) is 0. The van der Waals surface area contributed by atoms with Crippen molar-refractivity contribution in [2.24, 2.45) is 0 Å². The summed E-state index contributed by atoms with van der Waals surface area (Å²) in [6.07, 6.45) is 0. The molecule has 0 aliphatic heterocycles. The zero-order valence-corrected chi connectivity index (χ0v) is 11.7. The largest absolute Gasteiger partial charge is 0.480 e. The maximum absolute atomic E-state index is 11.1. The molecule has 8 nitrogen and oxygen atoms in total. The highest BCUT2D eigenvalue weighted by Crippen LogP contribution is 1.95. The van der Waals surface area contributed by atoms with Crippen molar-refractivity contribution < 1.29 is 29.4 Å². The summed E-state index contributed by atoms with van der Waals surface area (Å²) in [6.45, 7) is 2.53. The third-order valence-electron chi connectivity index (χ3n) is 2.34. The van der Waals surface area contributed by atoms with Crippen LogP contribution in [0.2, 0.25) is 0 Å². The van der Waals surface area contributed by atoms with Crippen LogP contribution in [0.25, 0.3) is 0 Å². The number of ketones is 2. The number of carboxylic acids is 2. The summed E-state index contributed by atoms with van der Waals surface area (Å²) in [7, 11) is 0. The molecule has 0 radical (unpaired) electrons. The van der Waals surface area contributed by atoms with Gasteiger partial charge in [0.15, 0.2) is 0 Å². The summed E-state index contributed by atoms with van der Waals surface area (Å²) in [4.78, 5) is 46.2. The van der Waals surface area contributed by atoms with Crippen LogP contribution in [0.5, 0.6) is 0 Å². The summed E-state index contributed by atoms with van der Waals surface area (Å²) < 4.78 is 0. The van der Waals surface area contributed by atoms with Gasteiger partial charge in [-0.3, -0.25) is 29.0 Å². The SMILES string of the molecule is CC(=O)CN(CCN(CC(=O)O)CC(=O)O)CC(C)=O. The topological polar surface area (TPSA) is 115 Å². The first-order valence-electron chi connectivity index (χ1n) is 6.08. The fourth-order valence-electron chi connectivity index (χ4n) is 1.72. The number of hydrogen-bond acceptors (Lipinski definition) is 6. The van der Waals surface area contributed by atoms with Crippen molar-refractivity contribution in [3.05, 3.63) is 0 Å². The van der Waals surface area contributed by atoms with Gasteiger partial charge in [-0.2, -0.15) is 0 Å². The molecular weight excluding hydrogens is 268 g/mol. The molecule has 2 N–H and O–H groups in total. The molecule has 0 atom stereocenters. The average Bonchev–Trinajstić information content (AvgIpc) is 2.22. The lowest BCUT2D eigenvalue weighted by atomic mass is 10.3. The Bertz CT molecular complexity index is 314. The van der Waals surface area contributed by atoms with E-state index in [0.29, 0.717) is 0 Å². The third kappa shape index (κ3) is 10.2. The molecule has 0 heterocycles. The first kappa shape index (κ1) is 18.2. The van der Waals surface area contributed by atoms with Gasteiger partial charge in [-0.15, -0.1) is 0 Å². The second-order valence-corrected chi connectivity index (χ2v) is 4.61. The Morgan fingerprint density at radius 1 is 0.700 bits per heavy atom. The maximum Gasteiger partial charge on any atom is 0.317 e. The number of rotatable bonds is 11. The van der Waals surface area contributed by atoms with Crippen molar-refractivity contribution >= 4 is 23.5 Å². The lowest BCUT2D eigenvalue weighted by Gasteiger charge is -2.24. The third-order valence-corrected chi connectivity index (χ3v) is 2.34. The number of nitrogens with zero attached hydrogens (tertiary/aromatic N) is 2. The van der Waals surface area contributed by atoms with Crippen LogP contribution in [0.1, 0.15) is 13.8 Å². The molecule has 0 bridgehead atoms. The summed E-state index contributed by atoms with van der Waals surface area (Å²) >= 11 is 0. The first-order valence-corrected chi connectivity index (χ1v) is 6.08. The molecule has 0 rings (SSSR count). The van der Waals surface area contributed by atoms with Crippen LogP contribution in [-0.2, 0) is 19.2 Å². The molecule has 0 saturated heterocycles. The minimum Gasteiger partial charge on any atom is -0.480 e. The molecule has 0 aliphatic carbocycles. The van der Waals surface area contributed by atoms with Gasteiger partial charge in [-0.1, -0.05) is 0 Å². The van der Waals surface area contributed by atoms with Gasteiger partial charge in [-0.25, -0.2) is 0 Å². The van der Waals surface area contributed by atoms with Crippen molar-refractivity contribution in [2.45, 2.75) is 13.8 Å². The van der Waals surface area contributed by atoms with E-state index >= 15 is 0 Å². The number of Topliss-reactive ketones (excluding diaryl/α,β-unsaturated/α-hetero) is 2. The lowest BCUT2D eigenvalue weighted by molar-refractivity contribution is -0.142. The number of carbonyl (C=O) groups is 4. The van der Waals surface area contributed by atoms with Crippen LogP contribution in [0.3, 0.4) is 0 Å². The Morgan fingerprint density at radius 3 is 1.25 bits per heavy atom. The van der Waals surface area contributed by atoms with Gasteiger partial charge in [0.05, 0.1) is 26.2 Å². The van der Waals surface area contributed by atoms with Crippen LogP contribution in [0.15, 0.2) is 0 Å². The van der Waals surface area contributed by atoms with E-state index in [0.717, 1.165) is 0 Å². The van der Waals surface area contributed by atoms with E-state index in [1.54, 1.807) is 4.90 Å². The Balaban J connectivity index is 4.49. The molecule has 0 unspecified atom stereocenters. The predicted molar refractivity (Wildman–Crippen MR) is 69.5 cm³/mol. The zero-order chi connectivity index (χ0) is 15.7. The smallest absolute Gasteiger partial charge is 0.317 e. The Morgan fingerprint density at radius 2 is 1.00 bits per heavy atom. The Labute approximate surface area is 117 Å². The monoisotopic (exact) mass is 288 g/mol. The van der Waals surface area contributed by atoms with Gasteiger partial charge in [0.1, 0.15) is 11.6 Å². The molecule has 0 aromatic carbocycles. The van der Waals surface area contributed by atoms with Crippen LogP contribution in [0.4, 0.5) is 0 Å². The normalized spacial score (nSPS) is 10.8. The van der Waals surface area contributed by atoms with Crippen molar-refractivity contribution in [1.82, 2.24) is 9.80 Å². The van der Waals surface area contributed by atoms with Gasteiger partial charge < -0.3 is 10.2 Å². The lowest BCUT2D eigenvalue weighted by Crippen LogP contribution is -2.42. The standard InChI is InChI=1S/C12H20N2O6/c1-9(15)5-13(6-10(2)16)3-4-14(7-11(17)18)8-12(19)20/h3-8H2,1-2H3,(H,17,18)(H,19,20). The van der Waals surface area contributed by atoms with Crippen LogP contribution in [0, 0.1) is 0 Å². The average molecular weight is 288 g/mol. The van der Waals surface area contributed by atoms with Crippen molar-refractivity contribution in [1.29, 1.82) is 0 Å². The maximum atomic E-state index is 11.1. The Kier molecular flexibility index (Phi) is 8.33. The zero-order valence-electron chi connectivity index (χ0n) is 11.7. The Hall–Kier alpha value is -1.80. The number of aliphatic carboxylic acids is 2. The highest BCUT2D eigenvalue weighted by molar-refractivity contribution is 5.80. The summed E-state index contributed by atoms with van der Waals surface area (Å²) in [5.41, 5.74) is 0. The molecule has 0 spiro atoms. The van der Waals surface area contributed by atoms with E-state index in [1.165, 1.54) is 18.7 Å². The second kappa shape index (κ2) is 9.16. The van der Waals surface area contributed by atoms with E-state index in [4.69, 9.17) is 10.2 Å². The molecular formula is C12H20N2O6. The highest BCUT2D eigenvalue weighted by Gasteiger charge is 2.16. The molecule has 0 aliphatic rings. The minimum absolute atomic E-state index is 0.0769. The van der Waals surface area contributed by atoms with Gasteiger partial charge in [-0.05, 0) is 13.8 Å². The second-order valence-electron chi connectivity index (χ2n) is 4.61. The molecule has 0 fully saturated rings. The van der Waals surface area contributed by atoms with Gasteiger partial charge in [0.25, 0.3) is 0 Å². The molecule has 0 aromatic rings. The quantitative estimate of drug-likeness (QED) is 0.494. The summed E-state index contributed by atoms with van der Waals surface area (Å²) in [5.74, 6) is -2.49. The van der Waals surface area contributed by atoms with Crippen LogP contribution in [-0.4, -0.2) is 82.8 Å². The molecule has 0 amide bonds. The van der Waals surface area contributed by atoms with Crippen molar-refractivity contribution in [3.8, 4) is 0 Å². The predicted octanol–water partition coefficient (Wildman–Crippen LogP) is -1.06. The highest BCUT2D eigenvalue weighted by atomic mass is 16.4. The first-order chi connectivity index (χ1) is 9.20. The summed E-state index contributed by atoms with van der Waals surface area (Å²) in [5, 5.41) is 17.4.